The predicted molar refractivity (Wildman–Crippen MR) is 94.9 cm³/mol. The molecule has 0 aromatic carbocycles. The Kier molecular flexibility index (Phi) is 8.24. The molecule has 24 heavy (non-hydrogen) atoms. The smallest absolute Gasteiger partial charge is 0.243 e. The summed E-state index contributed by atoms with van der Waals surface area (Å²) in [5.74, 6) is 0.822. The van der Waals surface area contributed by atoms with Crippen molar-refractivity contribution in [3.63, 3.8) is 0 Å². The second-order valence-corrected chi connectivity index (χ2v) is 5.37. The molecule has 132 valence electrons. The van der Waals surface area contributed by atoms with Crippen LogP contribution >= 0.6 is 0 Å². The first-order valence-corrected chi connectivity index (χ1v) is 7.88. The van der Waals surface area contributed by atoms with E-state index in [4.69, 9.17) is 0 Å². The summed E-state index contributed by atoms with van der Waals surface area (Å²) in [7, 11) is 3.36. The number of aromatic nitrogens is 1. The molecule has 0 aliphatic heterocycles. The van der Waals surface area contributed by atoms with Crippen LogP contribution in [0.3, 0.4) is 0 Å². The standard InChI is InChI=1S/C16H26N6O2/c1-5-17-16(19-11-15(24)22(3)4)18-10-9-14(23)21-13-8-6-7-12(2)20-13/h6-8H,5,9-11H2,1-4H3,(H2,17,18,19)(H,20,21,23). The van der Waals surface area contributed by atoms with Crippen LogP contribution in [0.15, 0.2) is 23.2 Å². The van der Waals surface area contributed by atoms with Crippen LogP contribution < -0.4 is 16.0 Å². The quantitative estimate of drug-likeness (QED) is 0.494. The van der Waals surface area contributed by atoms with Crippen molar-refractivity contribution in [3.05, 3.63) is 23.9 Å². The minimum absolute atomic E-state index is 0.0573. The summed E-state index contributed by atoms with van der Waals surface area (Å²) in [6.45, 7) is 4.93. The van der Waals surface area contributed by atoms with Gasteiger partial charge in [-0.25, -0.2) is 9.98 Å². The molecule has 0 aliphatic carbocycles. The first kappa shape index (κ1) is 19.4. The Balaban J connectivity index is 2.42. The van der Waals surface area contributed by atoms with Crippen molar-refractivity contribution in [3.8, 4) is 0 Å². The molecule has 0 saturated heterocycles. The molecule has 0 bridgehead atoms. The van der Waals surface area contributed by atoms with E-state index in [0.29, 0.717) is 24.9 Å². The zero-order chi connectivity index (χ0) is 17.9. The lowest BCUT2D eigenvalue weighted by Gasteiger charge is -2.12. The number of nitrogens with one attached hydrogen (secondary N) is 3. The van der Waals surface area contributed by atoms with Gasteiger partial charge in [-0.2, -0.15) is 0 Å². The molecule has 1 rings (SSSR count). The molecule has 8 nitrogen and oxygen atoms in total. The number of carbonyl (C=O) groups is 2. The molecule has 0 spiro atoms. The maximum Gasteiger partial charge on any atom is 0.243 e. The summed E-state index contributed by atoms with van der Waals surface area (Å²) in [5.41, 5.74) is 0.845. The van der Waals surface area contributed by atoms with Crippen LogP contribution in [-0.2, 0) is 9.59 Å². The Morgan fingerprint density at radius 1 is 1.25 bits per heavy atom. The zero-order valence-electron chi connectivity index (χ0n) is 14.7. The number of pyridine rings is 1. The van der Waals surface area contributed by atoms with E-state index in [2.05, 4.69) is 25.9 Å². The maximum atomic E-state index is 11.9. The van der Waals surface area contributed by atoms with Gasteiger partial charge in [-0.05, 0) is 26.0 Å². The number of aryl methyl sites for hydroxylation is 1. The molecule has 8 heteroatoms. The van der Waals surface area contributed by atoms with Crippen LogP contribution in [0.1, 0.15) is 19.0 Å². The van der Waals surface area contributed by atoms with Crippen molar-refractivity contribution in [1.29, 1.82) is 0 Å². The predicted octanol–water partition coefficient (Wildman–Crippen LogP) is 0.362. The van der Waals surface area contributed by atoms with E-state index in [-0.39, 0.29) is 24.8 Å². The molecule has 1 aromatic rings. The van der Waals surface area contributed by atoms with Gasteiger partial charge in [0.2, 0.25) is 11.8 Å². The first-order valence-electron chi connectivity index (χ1n) is 7.88. The first-order chi connectivity index (χ1) is 11.4. The number of amides is 2. The molecule has 1 aromatic heterocycles. The second-order valence-electron chi connectivity index (χ2n) is 5.37. The monoisotopic (exact) mass is 334 g/mol. The molecular formula is C16H26N6O2. The number of nitrogens with zero attached hydrogens (tertiary/aromatic N) is 3. The van der Waals surface area contributed by atoms with E-state index in [9.17, 15) is 9.59 Å². The van der Waals surface area contributed by atoms with Crippen molar-refractivity contribution in [1.82, 2.24) is 20.5 Å². The Morgan fingerprint density at radius 3 is 2.62 bits per heavy atom. The minimum Gasteiger partial charge on any atom is -0.357 e. The minimum atomic E-state index is -0.138. The van der Waals surface area contributed by atoms with E-state index in [1.807, 2.05) is 26.0 Å². The van der Waals surface area contributed by atoms with Gasteiger partial charge >= 0.3 is 0 Å². The zero-order valence-corrected chi connectivity index (χ0v) is 14.7. The maximum absolute atomic E-state index is 11.9. The Bertz CT molecular complexity index is 586. The molecule has 0 atom stereocenters. The fraction of sp³-hybridized carbons (Fsp3) is 0.500. The summed E-state index contributed by atoms with van der Waals surface area (Å²) < 4.78 is 0. The lowest BCUT2D eigenvalue weighted by molar-refractivity contribution is -0.127. The molecule has 0 saturated carbocycles. The van der Waals surface area contributed by atoms with Gasteiger partial charge in [0.05, 0.1) is 0 Å². The largest absolute Gasteiger partial charge is 0.357 e. The van der Waals surface area contributed by atoms with Crippen LogP contribution in [0.4, 0.5) is 5.82 Å². The highest BCUT2D eigenvalue weighted by molar-refractivity contribution is 5.90. The van der Waals surface area contributed by atoms with Crippen LogP contribution in [0.5, 0.6) is 0 Å². The van der Waals surface area contributed by atoms with E-state index in [1.165, 1.54) is 4.90 Å². The topological polar surface area (TPSA) is 98.7 Å². The van der Waals surface area contributed by atoms with Crippen LogP contribution in [-0.4, -0.2) is 61.4 Å². The molecular weight excluding hydrogens is 308 g/mol. The number of hydrogen-bond acceptors (Lipinski definition) is 4. The summed E-state index contributed by atoms with van der Waals surface area (Å²) >= 11 is 0. The van der Waals surface area contributed by atoms with Crippen molar-refractivity contribution in [2.75, 3.05) is 39.0 Å². The summed E-state index contributed by atoms with van der Waals surface area (Å²) in [4.78, 5) is 33.4. The average molecular weight is 334 g/mol. The van der Waals surface area contributed by atoms with Gasteiger partial charge < -0.3 is 20.9 Å². The molecule has 0 aliphatic rings. The molecule has 0 radical (unpaired) electrons. The third-order valence-electron chi connectivity index (χ3n) is 3.02. The van der Waals surface area contributed by atoms with Crippen molar-refractivity contribution in [2.24, 2.45) is 4.99 Å². The Labute approximate surface area is 142 Å². The van der Waals surface area contributed by atoms with Crippen molar-refractivity contribution >= 4 is 23.6 Å². The summed E-state index contributed by atoms with van der Waals surface area (Å²) in [6.07, 6.45) is 0.266. The number of hydrogen-bond donors (Lipinski definition) is 3. The van der Waals surface area contributed by atoms with Crippen molar-refractivity contribution < 1.29 is 9.59 Å². The highest BCUT2D eigenvalue weighted by Crippen LogP contribution is 2.03. The fourth-order valence-corrected chi connectivity index (χ4v) is 1.74. The summed E-state index contributed by atoms with van der Waals surface area (Å²) in [6, 6.07) is 5.45. The average Bonchev–Trinajstić information content (AvgIpc) is 2.52. The van der Waals surface area contributed by atoms with Gasteiger partial charge in [-0.15, -0.1) is 0 Å². The fourth-order valence-electron chi connectivity index (χ4n) is 1.74. The SMILES string of the molecule is CCNC(=NCC(=O)N(C)C)NCCC(=O)Nc1cccc(C)n1. The van der Waals surface area contributed by atoms with Crippen LogP contribution in [0, 0.1) is 6.92 Å². The van der Waals surface area contributed by atoms with Gasteiger partial charge in [0.25, 0.3) is 0 Å². The number of likely N-dealkylation sites (N-methyl/N-ethyl adjacent to an activating group) is 1. The van der Waals surface area contributed by atoms with Gasteiger partial charge in [0.15, 0.2) is 5.96 Å². The van der Waals surface area contributed by atoms with Gasteiger partial charge in [0, 0.05) is 39.3 Å². The van der Waals surface area contributed by atoms with E-state index in [0.717, 1.165) is 5.69 Å². The van der Waals surface area contributed by atoms with E-state index >= 15 is 0 Å². The number of anilines is 1. The lowest BCUT2D eigenvalue weighted by atomic mass is 10.3. The Morgan fingerprint density at radius 2 is 2.00 bits per heavy atom. The number of rotatable bonds is 7. The number of guanidine groups is 1. The van der Waals surface area contributed by atoms with Crippen molar-refractivity contribution in [2.45, 2.75) is 20.3 Å². The Hall–Kier alpha value is -2.64. The van der Waals surface area contributed by atoms with Gasteiger partial charge in [-0.1, -0.05) is 6.07 Å². The third-order valence-corrected chi connectivity index (χ3v) is 3.02. The third kappa shape index (κ3) is 7.57. The molecule has 3 N–H and O–H groups in total. The van der Waals surface area contributed by atoms with Crippen LogP contribution in [0.25, 0.3) is 0 Å². The van der Waals surface area contributed by atoms with Gasteiger partial charge in [-0.3, -0.25) is 9.59 Å². The van der Waals surface area contributed by atoms with Crippen LogP contribution in [0.2, 0.25) is 0 Å². The highest BCUT2D eigenvalue weighted by Gasteiger charge is 2.06. The van der Waals surface area contributed by atoms with Gasteiger partial charge in [0.1, 0.15) is 12.4 Å². The molecule has 1 heterocycles. The van der Waals surface area contributed by atoms with E-state index < -0.39 is 0 Å². The summed E-state index contributed by atoms with van der Waals surface area (Å²) in [5, 5.41) is 8.80. The molecule has 2 amide bonds. The lowest BCUT2D eigenvalue weighted by Crippen LogP contribution is -2.39. The normalized spacial score (nSPS) is 10.9. The molecule has 0 unspecified atom stereocenters. The number of carbonyl (C=O) groups excluding carboxylic acids is 2. The number of aliphatic imine (C=N–C) groups is 1. The highest BCUT2D eigenvalue weighted by atomic mass is 16.2. The second kappa shape index (κ2) is 10.2. The molecule has 0 fully saturated rings. The van der Waals surface area contributed by atoms with E-state index in [1.54, 1.807) is 20.2 Å².